The molecule has 2 aliphatic rings. The van der Waals surface area contributed by atoms with Crippen LogP contribution in [0.4, 0.5) is 0 Å². The molecule has 0 bridgehead atoms. The van der Waals surface area contributed by atoms with Gasteiger partial charge in [0.05, 0.1) is 13.3 Å². The molecule has 3 rings (SSSR count). The van der Waals surface area contributed by atoms with Crippen LogP contribution < -0.4 is 15.4 Å². The van der Waals surface area contributed by atoms with Gasteiger partial charge in [-0.2, -0.15) is 0 Å². The summed E-state index contributed by atoms with van der Waals surface area (Å²) in [4.78, 5) is 2.59. The van der Waals surface area contributed by atoms with Crippen molar-refractivity contribution >= 4 is 0 Å². The van der Waals surface area contributed by atoms with Crippen molar-refractivity contribution in [1.29, 1.82) is 0 Å². The van der Waals surface area contributed by atoms with Gasteiger partial charge in [-0.1, -0.05) is 18.2 Å². The lowest BCUT2D eigenvalue weighted by Gasteiger charge is -2.43. The average molecular weight is 275 g/mol. The van der Waals surface area contributed by atoms with Gasteiger partial charge < -0.3 is 15.4 Å². The summed E-state index contributed by atoms with van der Waals surface area (Å²) in [6.07, 6.45) is 2.93. The molecule has 2 saturated heterocycles. The van der Waals surface area contributed by atoms with E-state index in [1.54, 1.807) is 7.11 Å². The number of nitrogens with zero attached hydrogens (tertiary/aromatic N) is 1. The SMILES string of the molecule is COc1ccccc1C1CCCNC1N1CCNCC1. The second kappa shape index (κ2) is 6.57. The van der Waals surface area contributed by atoms with E-state index in [1.807, 2.05) is 0 Å². The molecule has 2 aliphatic heterocycles. The van der Waals surface area contributed by atoms with Crippen LogP contribution in [0.25, 0.3) is 0 Å². The fourth-order valence-corrected chi connectivity index (χ4v) is 3.51. The molecule has 0 radical (unpaired) electrons. The highest BCUT2D eigenvalue weighted by Gasteiger charge is 2.32. The van der Waals surface area contributed by atoms with Gasteiger partial charge in [0.25, 0.3) is 0 Å². The summed E-state index contributed by atoms with van der Waals surface area (Å²) in [6, 6.07) is 8.49. The van der Waals surface area contributed by atoms with Crippen LogP contribution in [-0.4, -0.2) is 50.9 Å². The van der Waals surface area contributed by atoms with Crippen molar-refractivity contribution in [3.63, 3.8) is 0 Å². The van der Waals surface area contributed by atoms with Crippen LogP contribution in [0.3, 0.4) is 0 Å². The van der Waals surface area contributed by atoms with Gasteiger partial charge >= 0.3 is 0 Å². The molecule has 1 aromatic carbocycles. The van der Waals surface area contributed by atoms with Gasteiger partial charge in [0, 0.05) is 37.7 Å². The zero-order chi connectivity index (χ0) is 13.8. The topological polar surface area (TPSA) is 36.5 Å². The number of methoxy groups -OCH3 is 1. The molecule has 4 heteroatoms. The lowest BCUT2D eigenvalue weighted by Crippen LogP contribution is -2.57. The van der Waals surface area contributed by atoms with E-state index in [-0.39, 0.29) is 0 Å². The minimum atomic E-state index is 0.446. The molecule has 2 fully saturated rings. The molecule has 0 aromatic heterocycles. The Morgan fingerprint density at radius 3 is 2.75 bits per heavy atom. The number of hydrogen-bond acceptors (Lipinski definition) is 4. The third-order valence-electron chi connectivity index (χ3n) is 4.51. The minimum Gasteiger partial charge on any atom is -0.496 e. The summed E-state index contributed by atoms with van der Waals surface area (Å²) in [5.74, 6) is 1.55. The monoisotopic (exact) mass is 275 g/mol. The van der Waals surface area contributed by atoms with Gasteiger partial charge in [-0.3, -0.25) is 4.90 Å². The molecule has 0 aliphatic carbocycles. The zero-order valence-corrected chi connectivity index (χ0v) is 12.3. The highest BCUT2D eigenvalue weighted by Crippen LogP contribution is 2.35. The van der Waals surface area contributed by atoms with Gasteiger partial charge in [-0.15, -0.1) is 0 Å². The maximum Gasteiger partial charge on any atom is 0.122 e. The highest BCUT2D eigenvalue weighted by atomic mass is 16.5. The van der Waals surface area contributed by atoms with Gasteiger partial charge in [-0.05, 0) is 25.5 Å². The molecular weight excluding hydrogens is 250 g/mol. The molecule has 0 saturated carbocycles. The molecule has 0 amide bonds. The third kappa shape index (κ3) is 2.82. The number of para-hydroxylation sites is 1. The fourth-order valence-electron chi connectivity index (χ4n) is 3.51. The van der Waals surface area contributed by atoms with Gasteiger partial charge in [0.2, 0.25) is 0 Å². The molecule has 20 heavy (non-hydrogen) atoms. The lowest BCUT2D eigenvalue weighted by molar-refractivity contribution is 0.102. The fraction of sp³-hybridized carbons (Fsp3) is 0.625. The third-order valence-corrected chi connectivity index (χ3v) is 4.51. The number of benzene rings is 1. The Kier molecular flexibility index (Phi) is 4.55. The Labute approximate surface area is 121 Å². The number of piperazine rings is 1. The normalized spacial score (nSPS) is 28.2. The largest absolute Gasteiger partial charge is 0.496 e. The predicted molar refractivity (Wildman–Crippen MR) is 81.2 cm³/mol. The number of piperidine rings is 1. The van der Waals surface area contributed by atoms with E-state index in [0.717, 1.165) is 38.5 Å². The first-order valence-electron chi connectivity index (χ1n) is 7.71. The molecule has 110 valence electrons. The second-order valence-electron chi connectivity index (χ2n) is 5.68. The standard InChI is InChI=1S/C16H25N3O/c1-20-15-7-3-2-5-13(15)14-6-4-8-18-16(14)19-11-9-17-10-12-19/h2-3,5,7,14,16-18H,4,6,8-12H2,1H3. The van der Waals surface area contributed by atoms with Crippen LogP contribution >= 0.6 is 0 Å². The number of ether oxygens (including phenoxy) is 1. The first-order valence-corrected chi connectivity index (χ1v) is 7.71. The number of rotatable bonds is 3. The summed E-state index contributed by atoms with van der Waals surface area (Å²) in [6.45, 7) is 5.57. The van der Waals surface area contributed by atoms with E-state index in [0.29, 0.717) is 12.1 Å². The molecule has 2 atom stereocenters. The van der Waals surface area contributed by atoms with Crippen LogP contribution in [-0.2, 0) is 0 Å². The summed E-state index contributed by atoms with van der Waals surface area (Å²) < 4.78 is 5.58. The molecule has 1 aromatic rings. The first kappa shape index (κ1) is 13.9. The van der Waals surface area contributed by atoms with Crippen molar-refractivity contribution in [3.8, 4) is 5.75 Å². The van der Waals surface area contributed by atoms with Crippen LogP contribution in [0, 0.1) is 0 Å². The molecule has 2 unspecified atom stereocenters. The van der Waals surface area contributed by atoms with E-state index >= 15 is 0 Å². The van der Waals surface area contributed by atoms with Crippen molar-refractivity contribution in [1.82, 2.24) is 15.5 Å². The van der Waals surface area contributed by atoms with Crippen molar-refractivity contribution in [2.45, 2.75) is 24.9 Å². The Balaban J connectivity index is 1.84. The lowest BCUT2D eigenvalue weighted by atomic mass is 9.87. The van der Waals surface area contributed by atoms with E-state index in [9.17, 15) is 0 Å². The van der Waals surface area contributed by atoms with Crippen molar-refractivity contribution in [3.05, 3.63) is 29.8 Å². The van der Waals surface area contributed by atoms with Gasteiger partial charge in [0.15, 0.2) is 0 Å². The first-order chi connectivity index (χ1) is 9.90. The van der Waals surface area contributed by atoms with E-state index in [2.05, 4.69) is 39.8 Å². The summed E-state index contributed by atoms with van der Waals surface area (Å²) in [5.41, 5.74) is 1.35. The molecule has 4 nitrogen and oxygen atoms in total. The summed E-state index contributed by atoms with van der Waals surface area (Å²) in [5, 5.41) is 7.17. The van der Waals surface area contributed by atoms with E-state index in [4.69, 9.17) is 4.74 Å². The predicted octanol–water partition coefficient (Wildman–Crippen LogP) is 1.39. The molecule has 0 spiro atoms. The Morgan fingerprint density at radius 1 is 1.15 bits per heavy atom. The van der Waals surface area contributed by atoms with Crippen LogP contribution in [0.2, 0.25) is 0 Å². The Morgan fingerprint density at radius 2 is 1.95 bits per heavy atom. The Hall–Kier alpha value is -1.10. The maximum atomic E-state index is 5.58. The van der Waals surface area contributed by atoms with E-state index < -0.39 is 0 Å². The summed E-state index contributed by atoms with van der Waals surface area (Å²) in [7, 11) is 1.77. The number of nitrogens with one attached hydrogen (secondary N) is 2. The number of hydrogen-bond donors (Lipinski definition) is 2. The van der Waals surface area contributed by atoms with Crippen molar-refractivity contribution in [2.24, 2.45) is 0 Å². The minimum absolute atomic E-state index is 0.446. The second-order valence-corrected chi connectivity index (χ2v) is 5.68. The van der Waals surface area contributed by atoms with Crippen LogP contribution in [0.5, 0.6) is 5.75 Å². The summed E-state index contributed by atoms with van der Waals surface area (Å²) >= 11 is 0. The van der Waals surface area contributed by atoms with Crippen LogP contribution in [0.15, 0.2) is 24.3 Å². The quantitative estimate of drug-likeness (QED) is 0.874. The molecule has 2 N–H and O–H groups in total. The highest BCUT2D eigenvalue weighted by molar-refractivity contribution is 5.37. The molecule has 2 heterocycles. The van der Waals surface area contributed by atoms with E-state index in [1.165, 1.54) is 18.4 Å². The smallest absolute Gasteiger partial charge is 0.122 e. The average Bonchev–Trinajstić information content (AvgIpc) is 2.55. The Bertz CT molecular complexity index is 431. The van der Waals surface area contributed by atoms with Gasteiger partial charge in [0.1, 0.15) is 5.75 Å². The van der Waals surface area contributed by atoms with Crippen molar-refractivity contribution in [2.75, 3.05) is 39.8 Å². The zero-order valence-electron chi connectivity index (χ0n) is 12.3. The molecular formula is C16H25N3O. The van der Waals surface area contributed by atoms with Crippen LogP contribution in [0.1, 0.15) is 24.3 Å². The maximum absolute atomic E-state index is 5.58. The van der Waals surface area contributed by atoms with Crippen molar-refractivity contribution < 1.29 is 4.74 Å². The van der Waals surface area contributed by atoms with Gasteiger partial charge in [-0.25, -0.2) is 0 Å².